The standard InChI is InChI=1S/C7H17NO3/c9-4-1-2-7(6-11)8-3-5-10/h7-11H,1-6H2. The zero-order valence-electron chi connectivity index (χ0n) is 6.66. The van der Waals surface area contributed by atoms with E-state index >= 15 is 0 Å². The van der Waals surface area contributed by atoms with Crippen LogP contribution in [0.4, 0.5) is 0 Å². The van der Waals surface area contributed by atoms with Crippen molar-refractivity contribution >= 4 is 0 Å². The summed E-state index contributed by atoms with van der Waals surface area (Å²) in [5.74, 6) is 0. The Morgan fingerprint density at radius 1 is 1.09 bits per heavy atom. The fraction of sp³-hybridized carbons (Fsp3) is 1.00. The molecule has 4 nitrogen and oxygen atoms in total. The molecule has 0 heterocycles. The lowest BCUT2D eigenvalue weighted by molar-refractivity contribution is 0.206. The summed E-state index contributed by atoms with van der Waals surface area (Å²) in [6.45, 7) is 0.781. The second-order valence-corrected chi connectivity index (χ2v) is 2.42. The van der Waals surface area contributed by atoms with Crippen LogP contribution in [-0.2, 0) is 0 Å². The molecule has 0 amide bonds. The maximum atomic E-state index is 8.75. The summed E-state index contributed by atoms with van der Waals surface area (Å²) in [5.41, 5.74) is 0. The number of aliphatic hydroxyl groups is 3. The molecule has 0 aromatic carbocycles. The van der Waals surface area contributed by atoms with E-state index in [4.69, 9.17) is 15.3 Å². The van der Waals surface area contributed by atoms with Gasteiger partial charge in [-0.1, -0.05) is 0 Å². The van der Waals surface area contributed by atoms with Crippen LogP contribution in [0.2, 0.25) is 0 Å². The Morgan fingerprint density at radius 3 is 2.27 bits per heavy atom. The Hall–Kier alpha value is -0.160. The average Bonchev–Trinajstić information content (AvgIpc) is 2.05. The highest BCUT2D eigenvalue weighted by Crippen LogP contribution is 1.94. The van der Waals surface area contributed by atoms with E-state index in [1.807, 2.05) is 0 Å². The van der Waals surface area contributed by atoms with Crippen molar-refractivity contribution in [2.75, 3.05) is 26.4 Å². The molecule has 0 bridgehead atoms. The third-order valence-corrected chi connectivity index (χ3v) is 1.48. The van der Waals surface area contributed by atoms with Gasteiger partial charge in [-0.3, -0.25) is 0 Å². The first kappa shape index (κ1) is 10.8. The molecular weight excluding hydrogens is 146 g/mol. The van der Waals surface area contributed by atoms with Gasteiger partial charge in [0.05, 0.1) is 13.2 Å². The molecule has 0 aliphatic rings. The minimum absolute atomic E-state index is 0.00861. The molecule has 68 valence electrons. The second-order valence-electron chi connectivity index (χ2n) is 2.42. The Bertz CT molecular complexity index is 72.1. The van der Waals surface area contributed by atoms with E-state index in [-0.39, 0.29) is 25.9 Å². The maximum Gasteiger partial charge on any atom is 0.0584 e. The quantitative estimate of drug-likeness (QED) is 0.376. The Balaban J connectivity index is 3.25. The number of hydrogen-bond donors (Lipinski definition) is 4. The van der Waals surface area contributed by atoms with E-state index in [0.717, 1.165) is 6.42 Å². The van der Waals surface area contributed by atoms with E-state index in [2.05, 4.69) is 5.32 Å². The molecule has 0 saturated heterocycles. The van der Waals surface area contributed by atoms with Gasteiger partial charge >= 0.3 is 0 Å². The first-order chi connectivity index (χ1) is 5.35. The molecule has 0 aromatic heterocycles. The molecule has 0 fully saturated rings. The van der Waals surface area contributed by atoms with E-state index in [9.17, 15) is 0 Å². The minimum Gasteiger partial charge on any atom is -0.396 e. The Kier molecular flexibility index (Phi) is 7.83. The van der Waals surface area contributed by atoms with Crippen molar-refractivity contribution in [3.05, 3.63) is 0 Å². The van der Waals surface area contributed by atoms with Crippen LogP contribution < -0.4 is 5.32 Å². The van der Waals surface area contributed by atoms with Crippen LogP contribution >= 0.6 is 0 Å². The van der Waals surface area contributed by atoms with Crippen LogP contribution in [0.25, 0.3) is 0 Å². The Labute approximate surface area is 66.9 Å². The van der Waals surface area contributed by atoms with Gasteiger partial charge in [0.1, 0.15) is 0 Å². The zero-order chi connectivity index (χ0) is 8.53. The third kappa shape index (κ3) is 6.25. The normalized spacial score (nSPS) is 13.4. The van der Waals surface area contributed by atoms with Gasteiger partial charge in [-0.15, -0.1) is 0 Å². The summed E-state index contributed by atoms with van der Waals surface area (Å²) < 4.78 is 0. The average molecular weight is 163 g/mol. The summed E-state index contributed by atoms with van der Waals surface area (Å²) in [6.07, 6.45) is 1.43. The van der Waals surface area contributed by atoms with Gasteiger partial charge in [-0.25, -0.2) is 0 Å². The summed E-state index contributed by atoms with van der Waals surface area (Å²) in [6, 6.07) is 0.00861. The van der Waals surface area contributed by atoms with Crippen molar-refractivity contribution in [3.8, 4) is 0 Å². The number of hydrogen-bond acceptors (Lipinski definition) is 4. The van der Waals surface area contributed by atoms with Gasteiger partial charge in [0.15, 0.2) is 0 Å². The van der Waals surface area contributed by atoms with Gasteiger partial charge in [0.2, 0.25) is 0 Å². The lowest BCUT2D eigenvalue weighted by Gasteiger charge is -2.14. The van der Waals surface area contributed by atoms with Crippen LogP contribution in [0.3, 0.4) is 0 Å². The van der Waals surface area contributed by atoms with Crippen molar-refractivity contribution < 1.29 is 15.3 Å². The van der Waals surface area contributed by atoms with Crippen molar-refractivity contribution in [2.45, 2.75) is 18.9 Å². The van der Waals surface area contributed by atoms with Crippen LogP contribution in [0.15, 0.2) is 0 Å². The van der Waals surface area contributed by atoms with Gasteiger partial charge in [0.25, 0.3) is 0 Å². The van der Waals surface area contributed by atoms with Crippen molar-refractivity contribution in [3.63, 3.8) is 0 Å². The molecule has 4 N–H and O–H groups in total. The largest absolute Gasteiger partial charge is 0.396 e. The summed E-state index contributed by atoms with van der Waals surface area (Å²) in [7, 11) is 0. The van der Waals surface area contributed by atoms with Gasteiger partial charge < -0.3 is 20.6 Å². The van der Waals surface area contributed by atoms with Crippen LogP contribution in [0, 0.1) is 0 Å². The maximum absolute atomic E-state index is 8.75. The first-order valence-electron chi connectivity index (χ1n) is 3.91. The Morgan fingerprint density at radius 2 is 1.82 bits per heavy atom. The second kappa shape index (κ2) is 7.94. The molecular formula is C7H17NO3. The van der Waals surface area contributed by atoms with Crippen molar-refractivity contribution in [1.82, 2.24) is 5.32 Å². The lowest BCUT2D eigenvalue weighted by atomic mass is 10.2. The number of nitrogens with one attached hydrogen (secondary N) is 1. The summed E-state index contributed by atoms with van der Waals surface area (Å²) in [5, 5.41) is 28.6. The smallest absolute Gasteiger partial charge is 0.0584 e. The molecule has 0 aromatic rings. The van der Waals surface area contributed by atoms with E-state index in [1.54, 1.807) is 0 Å². The molecule has 0 spiro atoms. The molecule has 0 radical (unpaired) electrons. The lowest BCUT2D eigenvalue weighted by Crippen LogP contribution is -2.34. The van der Waals surface area contributed by atoms with Gasteiger partial charge in [-0.05, 0) is 12.8 Å². The summed E-state index contributed by atoms with van der Waals surface area (Å²) in [4.78, 5) is 0. The molecule has 4 heteroatoms. The zero-order valence-corrected chi connectivity index (χ0v) is 6.66. The van der Waals surface area contributed by atoms with Crippen LogP contribution in [0.1, 0.15) is 12.8 Å². The van der Waals surface area contributed by atoms with Gasteiger partial charge in [0, 0.05) is 19.2 Å². The highest BCUT2D eigenvalue weighted by Gasteiger charge is 2.03. The molecule has 0 aliphatic heterocycles. The molecule has 1 unspecified atom stereocenters. The SMILES string of the molecule is OCCCC(CO)NCCO. The first-order valence-corrected chi connectivity index (χ1v) is 3.91. The van der Waals surface area contributed by atoms with Gasteiger partial charge in [-0.2, -0.15) is 0 Å². The fourth-order valence-electron chi connectivity index (χ4n) is 0.864. The van der Waals surface area contributed by atoms with Crippen molar-refractivity contribution in [1.29, 1.82) is 0 Å². The molecule has 1 atom stereocenters. The fourth-order valence-corrected chi connectivity index (χ4v) is 0.864. The number of rotatable bonds is 7. The van der Waals surface area contributed by atoms with E-state index < -0.39 is 0 Å². The van der Waals surface area contributed by atoms with Crippen LogP contribution in [-0.4, -0.2) is 47.7 Å². The summed E-state index contributed by atoms with van der Waals surface area (Å²) >= 11 is 0. The van der Waals surface area contributed by atoms with E-state index in [1.165, 1.54) is 0 Å². The molecule has 0 aliphatic carbocycles. The highest BCUT2D eigenvalue weighted by atomic mass is 16.3. The predicted molar refractivity (Wildman–Crippen MR) is 42.3 cm³/mol. The topological polar surface area (TPSA) is 72.7 Å². The van der Waals surface area contributed by atoms with E-state index in [0.29, 0.717) is 13.0 Å². The minimum atomic E-state index is 0.00861. The molecule has 0 saturated carbocycles. The van der Waals surface area contributed by atoms with Crippen LogP contribution in [0.5, 0.6) is 0 Å². The third-order valence-electron chi connectivity index (χ3n) is 1.48. The molecule has 11 heavy (non-hydrogen) atoms. The number of aliphatic hydroxyl groups excluding tert-OH is 3. The molecule has 0 rings (SSSR count). The van der Waals surface area contributed by atoms with Crippen molar-refractivity contribution in [2.24, 2.45) is 0 Å². The predicted octanol–water partition coefficient (Wildman–Crippen LogP) is -1.30. The highest BCUT2D eigenvalue weighted by molar-refractivity contribution is 4.64. The monoisotopic (exact) mass is 163 g/mol.